The van der Waals surface area contributed by atoms with Crippen molar-refractivity contribution < 1.29 is 5.11 Å². The van der Waals surface area contributed by atoms with Crippen LogP contribution in [0.25, 0.3) is 21.8 Å². The van der Waals surface area contributed by atoms with Gasteiger partial charge >= 0.3 is 0 Å². The van der Waals surface area contributed by atoms with Crippen molar-refractivity contribution in [3.8, 4) is 5.75 Å². The topological polar surface area (TPSA) is 85.9 Å². The number of nitrogens with one attached hydrogen (secondary N) is 2. The molecular weight excluding hydrogens is 316 g/mol. The number of H-pyrrole nitrogens is 2. The summed E-state index contributed by atoms with van der Waals surface area (Å²) < 4.78 is 0. The molecule has 3 aromatic rings. The number of rotatable bonds is 4. The number of benzene rings is 1. The Bertz CT molecular complexity index is 1090. The summed E-state index contributed by atoms with van der Waals surface area (Å²) in [6, 6.07) is 1.61. The van der Waals surface area contributed by atoms with Crippen LogP contribution in [0.2, 0.25) is 0 Å². The van der Waals surface area contributed by atoms with E-state index in [0.717, 1.165) is 42.2 Å². The molecule has 0 radical (unpaired) electrons. The Morgan fingerprint density at radius 2 is 1.40 bits per heavy atom. The van der Waals surface area contributed by atoms with E-state index in [1.54, 1.807) is 19.9 Å². The van der Waals surface area contributed by atoms with Gasteiger partial charge in [-0.15, -0.1) is 0 Å². The molecule has 0 saturated carbocycles. The van der Waals surface area contributed by atoms with Gasteiger partial charge in [0, 0.05) is 28.0 Å². The van der Waals surface area contributed by atoms with E-state index in [-0.39, 0.29) is 16.9 Å². The van der Waals surface area contributed by atoms with Crippen LogP contribution >= 0.6 is 0 Å². The second-order valence-corrected chi connectivity index (χ2v) is 6.68. The first kappa shape index (κ1) is 17.3. The van der Waals surface area contributed by atoms with Crippen molar-refractivity contribution in [2.24, 2.45) is 0 Å². The first-order chi connectivity index (χ1) is 11.9. The lowest BCUT2D eigenvalue weighted by Gasteiger charge is -2.16. The number of hydrogen-bond donors (Lipinski definition) is 3. The van der Waals surface area contributed by atoms with Crippen LogP contribution in [0.1, 0.15) is 48.9 Å². The number of phenolic OH excluding ortho intramolecular Hbond substituents is 1. The Morgan fingerprint density at radius 3 is 1.96 bits per heavy atom. The number of fused-ring (bicyclic) bond motifs is 3. The Morgan fingerprint density at radius 1 is 0.880 bits per heavy atom. The highest BCUT2D eigenvalue weighted by Crippen LogP contribution is 2.36. The Kier molecular flexibility index (Phi) is 4.41. The van der Waals surface area contributed by atoms with Crippen molar-refractivity contribution in [1.82, 2.24) is 9.97 Å². The van der Waals surface area contributed by atoms with Gasteiger partial charge in [0.2, 0.25) is 0 Å². The molecule has 5 heteroatoms. The van der Waals surface area contributed by atoms with Crippen LogP contribution in [-0.4, -0.2) is 15.1 Å². The Balaban J connectivity index is 2.64. The molecule has 3 rings (SSSR count). The standard InChI is InChI=1S/C20H24N2O3/c1-5-7-12-10(3)19(24)21-14-9-15(23)17-13(8-6-2)11(4)20(25)22-18(17)16(12)14/h9,23H,5-8H2,1-4H3,(H,21,24)(H,22,25). The number of hydrogen-bond acceptors (Lipinski definition) is 3. The summed E-state index contributed by atoms with van der Waals surface area (Å²) in [6.45, 7) is 7.71. The number of aryl methyl sites for hydroxylation is 2. The largest absolute Gasteiger partial charge is 0.507 e. The van der Waals surface area contributed by atoms with Gasteiger partial charge in [-0.2, -0.15) is 0 Å². The normalized spacial score (nSPS) is 11.5. The third-order valence-electron chi connectivity index (χ3n) is 4.98. The predicted molar refractivity (Wildman–Crippen MR) is 102 cm³/mol. The fourth-order valence-electron chi connectivity index (χ4n) is 3.71. The zero-order valence-corrected chi connectivity index (χ0v) is 15.2. The summed E-state index contributed by atoms with van der Waals surface area (Å²) in [5, 5.41) is 12.2. The van der Waals surface area contributed by atoms with E-state index in [9.17, 15) is 14.7 Å². The average molecular weight is 340 g/mol. The molecule has 5 nitrogen and oxygen atoms in total. The van der Waals surface area contributed by atoms with E-state index in [2.05, 4.69) is 23.8 Å². The van der Waals surface area contributed by atoms with E-state index < -0.39 is 0 Å². The second-order valence-electron chi connectivity index (χ2n) is 6.68. The van der Waals surface area contributed by atoms with Gasteiger partial charge in [0.1, 0.15) is 5.75 Å². The van der Waals surface area contributed by atoms with E-state index in [1.807, 2.05) is 0 Å². The highest BCUT2D eigenvalue weighted by Gasteiger charge is 2.19. The summed E-state index contributed by atoms with van der Waals surface area (Å²) in [5.41, 5.74) is 4.01. The molecule has 2 heterocycles. The molecule has 0 amide bonds. The van der Waals surface area contributed by atoms with E-state index >= 15 is 0 Å². The zero-order valence-electron chi connectivity index (χ0n) is 15.2. The number of aromatic amines is 2. The highest BCUT2D eigenvalue weighted by molar-refractivity contribution is 6.09. The highest BCUT2D eigenvalue weighted by atomic mass is 16.3. The van der Waals surface area contributed by atoms with Crippen LogP contribution in [0.15, 0.2) is 15.7 Å². The lowest BCUT2D eigenvalue weighted by molar-refractivity contribution is 0.481. The second kappa shape index (κ2) is 6.39. The molecule has 0 aliphatic heterocycles. The van der Waals surface area contributed by atoms with Crippen LogP contribution in [0.5, 0.6) is 5.75 Å². The van der Waals surface area contributed by atoms with Crippen molar-refractivity contribution in [2.75, 3.05) is 0 Å². The average Bonchev–Trinajstić information content (AvgIpc) is 2.56. The van der Waals surface area contributed by atoms with Gasteiger partial charge < -0.3 is 15.1 Å². The van der Waals surface area contributed by atoms with Gasteiger partial charge in [-0.05, 0) is 37.8 Å². The van der Waals surface area contributed by atoms with Crippen LogP contribution in [0.3, 0.4) is 0 Å². The zero-order chi connectivity index (χ0) is 18.3. The lowest BCUT2D eigenvalue weighted by Crippen LogP contribution is -2.16. The van der Waals surface area contributed by atoms with Crippen LogP contribution in [0, 0.1) is 13.8 Å². The van der Waals surface area contributed by atoms with Crippen molar-refractivity contribution in [1.29, 1.82) is 0 Å². The molecule has 132 valence electrons. The van der Waals surface area contributed by atoms with Gasteiger partial charge in [-0.25, -0.2) is 0 Å². The molecule has 0 fully saturated rings. The molecule has 0 unspecified atom stereocenters. The summed E-state index contributed by atoms with van der Waals surface area (Å²) in [6.07, 6.45) is 3.23. The first-order valence-electron chi connectivity index (χ1n) is 8.83. The summed E-state index contributed by atoms with van der Waals surface area (Å²) in [5.74, 6) is 0.0900. The molecule has 0 aliphatic rings. The number of aromatic hydroxyl groups is 1. The van der Waals surface area contributed by atoms with Crippen LogP contribution in [-0.2, 0) is 12.8 Å². The van der Waals surface area contributed by atoms with Crippen molar-refractivity contribution in [3.05, 3.63) is 49.0 Å². The third kappa shape index (κ3) is 2.64. The van der Waals surface area contributed by atoms with Crippen molar-refractivity contribution >= 4 is 21.8 Å². The van der Waals surface area contributed by atoms with E-state index in [1.165, 1.54) is 0 Å². The maximum Gasteiger partial charge on any atom is 0.251 e. The minimum Gasteiger partial charge on any atom is -0.507 e. The molecule has 0 spiro atoms. The van der Waals surface area contributed by atoms with Crippen LogP contribution in [0.4, 0.5) is 0 Å². The molecule has 0 aliphatic carbocycles. The quantitative estimate of drug-likeness (QED) is 0.634. The number of pyridine rings is 2. The molecular formula is C20H24N2O3. The Labute approximate surface area is 145 Å². The van der Waals surface area contributed by atoms with Crippen molar-refractivity contribution in [3.63, 3.8) is 0 Å². The van der Waals surface area contributed by atoms with E-state index in [0.29, 0.717) is 27.5 Å². The first-order valence-corrected chi connectivity index (χ1v) is 8.83. The molecule has 0 atom stereocenters. The molecule has 25 heavy (non-hydrogen) atoms. The summed E-state index contributed by atoms with van der Waals surface area (Å²) >= 11 is 0. The van der Waals surface area contributed by atoms with E-state index in [4.69, 9.17) is 0 Å². The molecule has 1 aromatic carbocycles. The maximum atomic E-state index is 12.5. The van der Waals surface area contributed by atoms with Gasteiger partial charge in [-0.3, -0.25) is 9.59 Å². The minimum absolute atomic E-state index is 0.0900. The summed E-state index contributed by atoms with van der Waals surface area (Å²) in [4.78, 5) is 30.5. The van der Waals surface area contributed by atoms with Gasteiger partial charge in [0.15, 0.2) is 0 Å². The number of aromatic nitrogens is 2. The fourth-order valence-corrected chi connectivity index (χ4v) is 3.71. The smallest absolute Gasteiger partial charge is 0.251 e. The summed E-state index contributed by atoms with van der Waals surface area (Å²) in [7, 11) is 0. The van der Waals surface area contributed by atoms with Crippen LogP contribution < -0.4 is 11.1 Å². The lowest BCUT2D eigenvalue weighted by atomic mass is 9.93. The monoisotopic (exact) mass is 340 g/mol. The minimum atomic E-state index is -0.155. The van der Waals surface area contributed by atoms with Gasteiger partial charge in [0.25, 0.3) is 11.1 Å². The fraction of sp³-hybridized carbons (Fsp3) is 0.400. The number of phenols is 1. The molecule has 3 N–H and O–H groups in total. The van der Waals surface area contributed by atoms with Crippen molar-refractivity contribution in [2.45, 2.75) is 53.4 Å². The van der Waals surface area contributed by atoms with Gasteiger partial charge in [0.05, 0.1) is 11.0 Å². The molecule has 0 bridgehead atoms. The Hall–Kier alpha value is -2.56. The predicted octanol–water partition coefficient (Wildman–Crippen LogP) is 3.60. The van der Waals surface area contributed by atoms with Gasteiger partial charge in [-0.1, -0.05) is 26.7 Å². The molecule has 0 saturated heterocycles. The third-order valence-corrected chi connectivity index (χ3v) is 4.98. The maximum absolute atomic E-state index is 12.5. The molecule has 2 aromatic heterocycles. The SMILES string of the molecule is CCCc1c(C)c(=O)[nH]c2c1c(O)cc1[nH]c(=O)c(C)c(CCC)c12.